The number of benzene rings is 1. The lowest BCUT2D eigenvalue weighted by Gasteiger charge is -2.29. The van der Waals surface area contributed by atoms with Crippen LogP contribution >= 0.6 is 0 Å². The SMILES string of the molecule is Cc1cc(C)c2c(c1C)OC(C)(CCCC(C)CCCC(C)CCCC(C)C)C2C. The molecule has 0 fully saturated rings. The van der Waals surface area contributed by atoms with Gasteiger partial charge in [0.2, 0.25) is 0 Å². The van der Waals surface area contributed by atoms with Gasteiger partial charge in [-0.05, 0) is 75.0 Å². The van der Waals surface area contributed by atoms with Crippen molar-refractivity contribution < 1.29 is 4.74 Å². The highest BCUT2D eigenvalue weighted by Gasteiger charge is 2.43. The molecule has 0 aliphatic carbocycles. The summed E-state index contributed by atoms with van der Waals surface area (Å²) in [4.78, 5) is 0. The molecule has 0 saturated carbocycles. The molecule has 0 spiro atoms. The minimum Gasteiger partial charge on any atom is -0.486 e. The third-order valence-corrected chi connectivity index (χ3v) is 7.96. The molecule has 2 rings (SSSR count). The van der Waals surface area contributed by atoms with Gasteiger partial charge in [-0.25, -0.2) is 0 Å². The van der Waals surface area contributed by atoms with Gasteiger partial charge in [-0.2, -0.15) is 0 Å². The van der Waals surface area contributed by atoms with Crippen molar-refractivity contribution >= 4 is 0 Å². The van der Waals surface area contributed by atoms with Gasteiger partial charge in [-0.15, -0.1) is 0 Å². The van der Waals surface area contributed by atoms with Crippen LogP contribution in [0.4, 0.5) is 0 Å². The van der Waals surface area contributed by atoms with Gasteiger partial charge in [0.15, 0.2) is 0 Å². The molecule has 0 aromatic heterocycles. The Labute approximate surface area is 188 Å². The lowest BCUT2D eigenvalue weighted by atomic mass is 9.80. The molecular weight excluding hydrogens is 364 g/mol. The van der Waals surface area contributed by atoms with Gasteiger partial charge in [0.25, 0.3) is 0 Å². The smallest absolute Gasteiger partial charge is 0.127 e. The summed E-state index contributed by atoms with van der Waals surface area (Å²) in [6.45, 7) is 21.0. The van der Waals surface area contributed by atoms with Gasteiger partial charge in [0, 0.05) is 11.5 Å². The molecule has 1 heterocycles. The molecule has 1 aliphatic rings. The van der Waals surface area contributed by atoms with Gasteiger partial charge in [-0.1, -0.05) is 85.6 Å². The van der Waals surface area contributed by atoms with E-state index in [0.29, 0.717) is 5.92 Å². The first kappa shape index (κ1) is 25.3. The second-order valence-electron chi connectivity index (χ2n) is 11.4. The lowest BCUT2D eigenvalue weighted by molar-refractivity contribution is 0.0786. The second kappa shape index (κ2) is 11.1. The molecule has 0 saturated heterocycles. The van der Waals surface area contributed by atoms with Crippen LogP contribution in [-0.4, -0.2) is 5.60 Å². The van der Waals surface area contributed by atoms with Gasteiger partial charge < -0.3 is 4.74 Å². The number of hydrogen-bond donors (Lipinski definition) is 0. The van der Waals surface area contributed by atoms with Gasteiger partial charge in [0.1, 0.15) is 11.4 Å². The minimum absolute atomic E-state index is 0.0453. The molecule has 1 aliphatic heterocycles. The Kier molecular flexibility index (Phi) is 9.32. The third kappa shape index (κ3) is 6.51. The van der Waals surface area contributed by atoms with E-state index in [1.54, 1.807) is 0 Å². The normalized spacial score (nSPS) is 22.8. The van der Waals surface area contributed by atoms with Gasteiger partial charge in [0.05, 0.1) is 0 Å². The topological polar surface area (TPSA) is 9.23 Å². The van der Waals surface area contributed by atoms with Crippen LogP contribution in [0, 0.1) is 38.5 Å². The van der Waals surface area contributed by atoms with Crippen molar-refractivity contribution in [2.24, 2.45) is 17.8 Å². The Morgan fingerprint density at radius 3 is 1.93 bits per heavy atom. The molecular formula is C29H50O. The molecule has 30 heavy (non-hydrogen) atoms. The second-order valence-corrected chi connectivity index (χ2v) is 11.4. The van der Waals surface area contributed by atoms with Crippen LogP contribution in [0.15, 0.2) is 6.07 Å². The van der Waals surface area contributed by atoms with E-state index < -0.39 is 0 Å². The summed E-state index contributed by atoms with van der Waals surface area (Å²) in [6.07, 6.45) is 12.2. The summed E-state index contributed by atoms with van der Waals surface area (Å²) in [5, 5.41) is 0. The summed E-state index contributed by atoms with van der Waals surface area (Å²) in [5.41, 5.74) is 5.51. The van der Waals surface area contributed by atoms with E-state index in [0.717, 1.165) is 24.2 Å². The standard InChI is InChI=1S/C29H50O/c1-20(2)13-10-14-21(3)15-11-16-22(4)17-12-18-29(9)26(8)27-24(6)19-23(5)25(7)28(27)30-29/h19-22,26H,10-18H2,1-9H3. The molecule has 1 heteroatoms. The fraction of sp³-hybridized carbons (Fsp3) is 0.793. The predicted molar refractivity (Wildman–Crippen MR) is 133 cm³/mol. The number of fused-ring (bicyclic) bond motifs is 1. The molecule has 4 unspecified atom stereocenters. The van der Waals surface area contributed by atoms with Crippen LogP contribution in [0.5, 0.6) is 5.75 Å². The van der Waals surface area contributed by atoms with Crippen molar-refractivity contribution in [2.45, 2.75) is 132 Å². The largest absolute Gasteiger partial charge is 0.486 e. The molecule has 1 aromatic carbocycles. The van der Waals surface area contributed by atoms with E-state index in [1.807, 2.05) is 0 Å². The van der Waals surface area contributed by atoms with Crippen LogP contribution in [0.25, 0.3) is 0 Å². The molecule has 0 bridgehead atoms. The van der Waals surface area contributed by atoms with Crippen LogP contribution in [0.2, 0.25) is 0 Å². The first-order chi connectivity index (χ1) is 14.0. The molecule has 1 aromatic rings. The van der Waals surface area contributed by atoms with Crippen molar-refractivity contribution in [2.75, 3.05) is 0 Å². The van der Waals surface area contributed by atoms with E-state index in [-0.39, 0.29) is 5.60 Å². The van der Waals surface area contributed by atoms with Crippen LogP contribution in [0.3, 0.4) is 0 Å². The maximum atomic E-state index is 6.65. The minimum atomic E-state index is -0.0453. The fourth-order valence-corrected chi connectivity index (χ4v) is 5.41. The highest BCUT2D eigenvalue weighted by atomic mass is 16.5. The van der Waals surface area contributed by atoms with Crippen molar-refractivity contribution in [1.29, 1.82) is 0 Å². The van der Waals surface area contributed by atoms with Crippen molar-refractivity contribution in [3.63, 3.8) is 0 Å². The van der Waals surface area contributed by atoms with Crippen molar-refractivity contribution in [1.82, 2.24) is 0 Å². The number of rotatable bonds is 12. The molecule has 1 nitrogen and oxygen atoms in total. The zero-order valence-electron chi connectivity index (χ0n) is 21.7. The average Bonchev–Trinajstić information content (AvgIpc) is 2.91. The van der Waals surface area contributed by atoms with E-state index >= 15 is 0 Å². The highest BCUT2D eigenvalue weighted by Crippen LogP contribution is 2.50. The Morgan fingerprint density at radius 1 is 0.833 bits per heavy atom. The van der Waals surface area contributed by atoms with Gasteiger partial charge in [-0.3, -0.25) is 0 Å². The van der Waals surface area contributed by atoms with E-state index in [4.69, 9.17) is 4.74 Å². The first-order valence-electron chi connectivity index (χ1n) is 12.8. The Morgan fingerprint density at radius 2 is 1.37 bits per heavy atom. The Hall–Kier alpha value is -0.980. The number of hydrogen-bond acceptors (Lipinski definition) is 1. The zero-order valence-corrected chi connectivity index (χ0v) is 21.7. The first-order valence-corrected chi connectivity index (χ1v) is 12.8. The summed E-state index contributed by atoms with van der Waals surface area (Å²) < 4.78 is 6.65. The summed E-state index contributed by atoms with van der Waals surface area (Å²) in [6, 6.07) is 2.34. The Balaban J connectivity index is 1.73. The number of ether oxygens (including phenoxy) is 1. The van der Waals surface area contributed by atoms with E-state index in [2.05, 4.69) is 68.4 Å². The predicted octanol–water partition coefficient (Wildman–Crippen LogP) is 9.31. The van der Waals surface area contributed by atoms with E-state index in [9.17, 15) is 0 Å². The molecule has 0 amide bonds. The van der Waals surface area contributed by atoms with E-state index in [1.165, 1.54) is 79.4 Å². The van der Waals surface area contributed by atoms with Crippen LogP contribution < -0.4 is 4.74 Å². The van der Waals surface area contributed by atoms with Crippen LogP contribution in [-0.2, 0) is 0 Å². The van der Waals surface area contributed by atoms with Crippen molar-refractivity contribution in [3.05, 3.63) is 28.3 Å². The molecule has 172 valence electrons. The Bertz CT molecular complexity index is 673. The maximum absolute atomic E-state index is 6.65. The van der Waals surface area contributed by atoms with Crippen molar-refractivity contribution in [3.8, 4) is 5.75 Å². The number of aryl methyl sites for hydroxylation is 2. The molecule has 4 atom stereocenters. The molecule has 0 N–H and O–H groups in total. The zero-order chi connectivity index (χ0) is 22.5. The quantitative estimate of drug-likeness (QED) is 0.331. The van der Waals surface area contributed by atoms with Gasteiger partial charge >= 0.3 is 0 Å². The lowest BCUT2D eigenvalue weighted by Crippen LogP contribution is -2.33. The summed E-state index contributed by atoms with van der Waals surface area (Å²) in [5.74, 6) is 4.25. The maximum Gasteiger partial charge on any atom is 0.127 e. The average molecular weight is 415 g/mol. The summed E-state index contributed by atoms with van der Waals surface area (Å²) in [7, 11) is 0. The highest BCUT2D eigenvalue weighted by molar-refractivity contribution is 5.55. The fourth-order valence-electron chi connectivity index (χ4n) is 5.41. The molecule has 0 radical (unpaired) electrons. The third-order valence-electron chi connectivity index (χ3n) is 7.96. The summed E-state index contributed by atoms with van der Waals surface area (Å²) >= 11 is 0. The van der Waals surface area contributed by atoms with Crippen LogP contribution in [0.1, 0.15) is 128 Å². The monoisotopic (exact) mass is 414 g/mol.